The molecular weight excluding hydrogens is 386 g/mol. The highest BCUT2D eigenvalue weighted by atomic mass is 32.1. The van der Waals surface area contributed by atoms with Crippen molar-refractivity contribution in [3.05, 3.63) is 79.3 Å². The van der Waals surface area contributed by atoms with E-state index in [0.717, 1.165) is 16.3 Å². The molecule has 4 aromatic rings. The van der Waals surface area contributed by atoms with Crippen molar-refractivity contribution < 1.29 is 4.79 Å². The maximum absolute atomic E-state index is 12.6. The average molecular weight is 407 g/mol. The van der Waals surface area contributed by atoms with Crippen LogP contribution >= 0.6 is 11.3 Å². The lowest BCUT2D eigenvalue weighted by atomic mass is 10.00. The fourth-order valence-corrected chi connectivity index (χ4v) is 5.05. The molecular formula is C22H21N3O3S. The maximum Gasteiger partial charge on any atom is 0.329 e. The molecule has 148 valence electrons. The molecule has 0 spiro atoms. The van der Waals surface area contributed by atoms with Crippen molar-refractivity contribution in [1.82, 2.24) is 9.55 Å². The van der Waals surface area contributed by atoms with Gasteiger partial charge in [0.15, 0.2) is 0 Å². The molecule has 0 bridgehead atoms. The minimum absolute atomic E-state index is 0.197. The van der Waals surface area contributed by atoms with E-state index in [1.807, 2.05) is 56.3 Å². The number of nitrogens with zero attached hydrogens (tertiary/aromatic N) is 1. The van der Waals surface area contributed by atoms with Crippen molar-refractivity contribution in [2.45, 2.75) is 26.8 Å². The summed E-state index contributed by atoms with van der Waals surface area (Å²) in [6.07, 6.45) is 0.453. The average Bonchev–Trinajstić information content (AvgIpc) is 3.05. The van der Waals surface area contributed by atoms with Crippen LogP contribution in [0.4, 0.5) is 0 Å². The van der Waals surface area contributed by atoms with E-state index in [2.05, 4.69) is 4.98 Å². The number of carbonyl (C=O) groups excluding carboxylic acids is 1. The van der Waals surface area contributed by atoms with Gasteiger partial charge in [0, 0.05) is 17.8 Å². The van der Waals surface area contributed by atoms with Crippen molar-refractivity contribution >= 4 is 38.2 Å². The number of fused-ring (bicyclic) bond motifs is 2. The number of nitrogens with one attached hydrogen (secondary N) is 1. The number of rotatable bonds is 5. The summed E-state index contributed by atoms with van der Waals surface area (Å²) in [6, 6.07) is 14.0. The molecule has 2 heterocycles. The Hall–Kier alpha value is -3.19. The van der Waals surface area contributed by atoms with Gasteiger partial charge in [-0.3, -0.25) is 19.1 Å². The zero-order chi connectivity index (χ0) is 20.7. The number of primary amides is 1. The summed E-state index contributed by atoms with van der Waals surface area (Å²) in [5.41, 5.74) is 5.88. The Kier molecular flexibility index (Phi) is 4.84. The lowest BCUT2D eigenvalue weighted by Crippen LogP contribution is -2.31. The van der Waals surface area contributed by atoms with Crippen molar-refractivity contribution in [1.29, 1.82) is 0 Å². The number of carbonyl (C=O) groups is 1. The normalized spacial score (nSPS) is 11.6. The van der Waals surface area contributed by atoms with E-state index in [1.54, 1.807) is 0 Å². The van der Waals surface area contributed by atoms with Gasteiger partial charge in [0.25, 0.3) is 11.5 Å². The Morgan fingerprint density at radius 1 is 1.14 bits per heavy atom. The SMILES string of the molecule is CC(C)Cn1c(=O)[nH]c(=O)c2c(C(N)=O)c(Cc3cccc4ccccc34)sc21. The van der Waals surface area contributed by atoms with Gasteiger partial charge in [-0.1, -0.05) is 56.3 Å². The number of aromatic amines is 1. The van der Waals surface area contributed by atoms with Gasteiger partial charge in [-0.2, -0.15) is 0 Å². The summed E-state index contributed by atoms with van der Waals surface area (Å²) in [5.74, 6) is -0.464. The first-order chi connectivity index (χ1) is 13.9. The molecule has 0 fully saturated rings. The number of benzene rings is 2. The molecule has 0 atom stereocenters. The number of thiophene rings is 1. The third kappa shape index (κ3) is 3.38. The van der Waals surface area contributed by atoms with Gasteiger partial charge in [0.2, 0.25) is 0 Å². The van der Waals surface area contributed by atoms with Crippen LogP contribution in [0.15, 0.2) is 52.1 Å². The van der Waals surface area contributed by atoms with Crippen LogP contribution in [-0.4, -0.2) is 15.5 Å². The van der Waals surface area contributed by atoms with E-state index in [9.17, 15) is 14.4 Å². The predicted octanol–water partition coefficient (Wildman–Crippen LogP) is 3.25. The Morgan fingerprint density at radius 2 is 1.86 bits per heavy atom. The van der Waals surface area contributed by atoms with Crippen LogP contribution in [0, 0.1) is 5.92 Å². The highest BCUT2D eigenvalue weighted by Crippen LogP contribution is 2.32. The lowest BCUT2D eigenvalue weighted by Gasteiger charge is -2.09. The summed E-state index contributed by atoms with van der Waals surface area (Å²) >= 11 is 1.29. The van der Waals surface area contributed by atoms with Crippen molar-refractivity contribution in [2.75, 3.05) is 0 Å². The molecule has 4 rings (SSSR count). The first kappa shape index (κ1) is 19.1. The molecule has 0 saturated carbocycles. The summed E-state index contributed by atoms with van der Waals surface area (Å²) in [4.78, 5) is 40.8. The molecule has 0 aliphatic carbocycles. The van der Waals surface area contributed by atoms with Crippen LogP contribution in [-0.2, 0) is 13.0 Å². The van der Waals surface area contributed by atoms with E-state index in [1.165, 1.54) is 15.9 Å². The third-order valence-corrected chi connectivity index (χ3v) is 6.14. The molecule has 3 N–H and O–H groups in total. The number of H-pyrrole nitrogens is 1. The van der Waals surface area contributed by atoms with Crippen LogP contribution in [0.1, 0.15) is 34.6 Å². The molecule has 29 heavy (non-hydrogen) atoms. The van der Waals surface area contributed by atoms with Crippen molar-refractivity contribution in [3.8, 4) is 0 Å². The molecule has 1 amide bonds. The van der Waals surface area contributed by atoms with Gasteiger partial charge in [0.05, 0.1) is 10.9 Å². The lowest BCUT2D eigenvalue weighted by molar-refractivity contribution is 0.100. The number of nitrogens with two attached hydrogens (primary N) is 1. The van der Waals surface area contributed by atoms with Gasteiger partial charge in [-0.15, -0.1) is 11.3 Å². The zero-order valence-corrected chi connectivity index (χ0v) is 17.0. The standard InChI is InChI=1S/C22H21N3O3S/c1-12(2)11-25-21-18(20(27)24-22(25)28)17(19(23)26)16(29-21)10-14-8-5-7-13-6-3-4-9-15(13)14/h3-9,12H,10-11H2,1-2H3,(H2,23,26)(H,24,27,28). The Balaban J connectivity index is 1.98. The quantitative estimate of drug-likeness (QED) is 0.531. The molecule has 0 aliphatic rings. The fourth-order valence-electron chi connectivity index (χ4n) is 3.72. The third-order valence-electron chi connectivity index (χ3n) is 4.93. The van der Waals surface area contributed by atoms with Crippen molar-refractivity contribution in [2.24, 2.45) is 11.7 Å². The molecule has 0 unspecified atom stereocenters. The van der Waals surface area contributed by atoms with Crippen LogP contribution in [0.3, 0.4) is 0 Å². The fraction of sp³-hybridized carbons (Fsp3) is 0.227. The maximum atomic E-state index is 12.6. The topological polar surface area (TPSA) is 97.9 Å². The second-order valence-corrected chi connectivity index (χ2v) is 8.61. The second kappa shape index (κ2) is 7.33. The predicted molar refractivity (Wildman–Crippen MR) is 117 cm³/mol. The first-order valence-corrected chi connectivity index (χ1v) is 10.2. The van der Waals surface area contributed by atoms with E-state index >= 15 is 0 Å². The highest BCUT2D eigenvalue weighted by Gasteiger charge is 2.23. The van der Waals surface area contributed by atoms with Crippen LogP contribution in [0.2, 0.25) is 0 Å². The largest absolute Gasteiger partial charge is 0.366 e. The van der Waals surface area contributed by atoms with Gasteiger partial charge in [-0.05, 0) is 22.3 Å². The monoisotopic (exact) mass is 407 g/mol. The van der Waals surface area contributed by atoms with Gasteiger partial charge < -0.3 is 5.73 Å². The number of hydrogen-bond acceptors (Lipinski definition) is 4. The molecule has 2 aromatic heterocycles. The molecule has 7 heteroatoms. The summed E-state index contributed by atoms with van der Waals surface area (Å²) in [6.45, 7) is 4.42. The molecule has 2 aromatic carbocycles. The number of hydrogen-bond donors (Lipinski definition) is 2. The van der Waals surface area contributed by atoms with Crippen LogP contribution < -0.4 is 17.0 Å². The van der Waals surface area contributed by atoms with E-state index in [4.69, 9.17) is 5.73 Å². The Labute approximate surface area is 170 Å². The zero-order valence-electron chi connectivity index (χ0n) is 16.2. The van der Waals surface area contributed by atoms with Gasteiger partial charge >= 0.3 is 5.69 Å². The van der Waals surface area contributed by atoms with Crippen LogP contribution in [0.5, 0.6) is 0 Å². The second-order valence-electron chi connectivity index (χ2n) is 7.52. The summed E-state index contributed by atoms with van der Waals surface area (Å²) < 4.78 is 1.53. The highest BCUT2D eigenvalue weighted by molar-refractivity contribution is 7.19. The van der Waals surface area contributed by atoms with Crippen molar-refractivity contribution in [3.63, 3.8) is 0 Å². The van der Waals surface area contributed by atoms with Gasteiger partial charge in [-0.25, -0.2) is 4.79 Å². The van der Waals surface area contributed by atoms with Crippen LogP contribution in [0.25, 0.3) is 21.0 Å². The van der Waals surface area contributed by atoms with E-state index in [0.29, 0.717) is 22.7 Å². The molecule has 0 radical (unpaired) electrons. The van der Waals surface area contributed by atoms with E-state index < -0.39 is 17.2 Å². The molecule has 6 nitrogen and oxygen atoms in total. The van der Waals surface area contributed by atoms with Gasteiger partial charge in [0.1, 0.15) is 4.83 Å². The minimum Gasteiger partial charge on any atom is -0.366 e. The number of aromatic nitrogens is 2. The number of amides is 1. The summed E-state index contributed by atoms with van der Waals surface area (Å²) in [5, 5.41) is 2.38. The van der Waals surface area contributed by atoms with E-state index in [-0.39, 0.29) is 16.9 Å². The minimum atomic E-state index is -0.660. The molecule has 0 aliphatic heterocycles. The Morgan fingerprint density at radius 3 is 2.59 bits per heavy atom. The Bertz CT molecular complexity index is 1360. The first-order valence-electron chi connectivity index (χ1n) is 9.41. The smallest absolute Gasteiger partial charge is 0.329 e. The summed E-state index contributed by atoms with van der Waals surface area (Å²) in [7, 11) is 0. The molecule has 0 saturated heterocycles.